The Bertz CT molecular complexity index is 1270. The Morgan fingerprint density at radius 1 is 1.12 bits per heavy atom. The van der Waals surface area contributed by atoms with Gasteiger partial charge in [0.2, 0.25) is 5.91 Å². The molecule has 4 rings (SSSR count). The lowest BCUT2D eigenvalue weighted by Crippen LogP contribution is -2.52. The predicted octanol–water partition coefficient (Wildman–Crippen LogP) is 2.04. The number of methoxy groups -OCH3 is 1. The second-order valence-corrected chi connectivity index (χ2v) is 8.90. The Labute approximate surface area is 199 Å². The number of hydrogen-bond donors (Lipinski definition) is 0. The van der Waals surface area contributed by atoms with Crippen molar-refractivity contribution in [2.45, 2.75) is 46.8 Å². The summed E-state index contributed by atoms with van der Waals surface area (Å²) in [5.41, 5.74) is 3.44. The van der Waals surface area contributed by atoms with Gasteiger partial charge in [-0.3, -0.25) is 14.2 Å². The van der Waals surface area contributed by atoms with E-state index in [-0.39, 0.29) is 17.6 Å². The first-order valence-corrected chi connectivity index (χ1v) is 11.6. The van der Waals surface area contributed by atoms with Crippen LogP contribution in [0.5, 0.6) is 0 Å². The lowest BCUT2D eigenvalue weighted by molar-refractivity contribution is -0.132. The molecule has 0 radical (unpaired) electrons. The molecule has 34 heavy (non-hydrogen) atoms. The highest BCUT2D eigenvalue weighted by atomic mass is 16.5. The summed E-state index contributed by atoms with van der Waals surface area (Å²) >= 11 is 0. The summed E-state index contributed by atoms with van der Waals surface area (Å²) in [6.45, 7) is 10.4. The number of nitrogens with zero attached hydrogens (tertiary/aromatic N) is 6. The van der Waals surface area contributed by atoms with E-state index in [4.69, 9.17) is 9.72 Å². The average molecular weight is 465 g/mol. The first-order valence-electron chi connectivity index (χ1n) is 11.6. The molecular weight excluding hydrogens is 432 g/mol. The minimum Gasteiger partial charge on any atom is -0.380 e. The van der Waals surface area contributed by atoms with E-state index in [1.54, 1.807) is 11.7 Å². The van der Waals surface area contributed by atoms with Crippen LogP contribution in [-0.4, -0.2) is 69.7 Å². The zero-order valence-corrected chi connectivity index (χ0v) is 20.5. The van der Waals surface area contributed by atoms with Gasteiger partial charge in [0.1, 0.15) is 11.6 Å². The molecule has 0 aliphatic carbocycles. The molecule has 1 amide bonds. The summed E-state index contributed by atoms with van der Waals surface area (Å²) < 4.78 is 7.00. The summed E-state index contributed by atoms with van der Waals surface area (Å²) in [7, 11) is 1.65. The third kappa shape index (κ3) is 4.94. The molecule has 0 unspecified atom stereocenters. The second kappa shape index (κ2) is 9.89. The van der Waals surface area contributed by atoms with Crippen molar-refractivity contribution >= 4 is 22.5 Å². The number of aromatic nitrogens is 4. The van der Waals surface area contributed by atoms with Crippen LogP contribution in [0.3, 0.4) is 0 Å². The van der Waals surface area contributed by atoms with Crippen LogP contribution in [0.4, 0.5) is 5.69 Å². The monoisotopic (exact) mass is 464 g/mol. The molecule has 1 aromatic carbocycles. The highest BCUT2D eigenvalue weighted by Gasteiger charge is 2.25. The maximum Gasteiger partial charge on any atom is 0.261 e. The van der Waals surface area contributed by atoms with Crippen molar-refractivity contribution in [3.8, 4) is 0 Å². The molecule has 2 aromatic heterocycles. The molecular formula is C25H32N6O3. The Hall–Kier alpha value is -3.33. The van der Waals surface area contributed by atoms with Gasteiger partial charge in [-0.05, 0) is 57.9 Å². The van der Waals surface area contributed by atoms with Crippen molar-refractivity contribution in [1.82, 2.24) is 24.4 Å². The topological polar surface area (TPSA) is 93.4 Å². The third-order valence-corrected chi connectivity index (χ3v) is 6.50. The minimum absolute atomic E-state index is 0.00737. The summed E-state index contributed by atoms with van der Waals surface area (Å²) in [4.78, 5) is 43.1. The number of benzene rings is 1. The van der Waals surface area contributed by atoms with Gasteiger partial charge in [0, 0.05) is 50.9 Å². The molecule has 3 heterocycles. The van der Waals surface area contributed by atoms with E-state index in [0.717, 1.165) is 29.3 Å². The number of piperazine rings is 1. The third-order valence-electron chi connectivity index (χ3n) is 6.50. The van der Waals surface area contributed by atoms with Crippen molar-refractivity contribution in [1.29, 1.82) is 0 Å². The zero-order chi connectivity index (χ0) is 24.4. The molecule has 0 N–H and O–H groups in total. The number of amides is 1. The number of rotatable bonds is 7. The van der Waals surface area contributed by atoms with Crippen LogP contribution in [0, 0.1) is 20.8 Å². The van der Waals surface area contributed by atoms with Crippen molar-refractivity contribution in [3.05, 3.63) is 57.7 Å². The molecule has 9 nitrogen and oxygen atoms in total. The van der Waals surface area contributed by atoms with Gasteiger partial charge in [0.05, 0.1) is 23.6 Å². The Morgan fingerprint density at radius 3 is 2.62 bits per heavy atom. The first kappa shape index (κ1) is 23.8. The highest BCUT2D eigenvalue weighted by molar-refractivity contribution is 5.86. The normalized spacial score (nSPS) is 15.3. The molecule has 1 aliphatic rings. The van der Waals surface area contributed by atoms with E-state index in [1.807, 2.05) is 61.9 Å². The fourth-order valence-corrected chi connectivity index (χ4v) is 4.37. The predicted molar refractivity (Wildman–Crippen MR) is 131 cm³/mol. The van der Waals surface area contributed by atoms with Crippen molar-refractivity contribution in [2.24, 2.45) is 0 Å². The lowest BCUT2D eigenvalue weighted by Gasteiger charge is -2.36. The number of hydrogen-bond acceptors (Lipinski definition) is 7. The quantitative estimate of drug-likeness (QED) is 0.528. The summed E-state index contributed by atoms with van der Waals surface area (Å²) in [6.07, 6.45) is 2.50. The Balaban J connectivity index is 1.53. The molecule has 3 aromatic rings. The molecule has 1 saturated heterocycles. The Kier molecular flexibility index (Phi) is 6.92. The average Bonchev–Trinajstić information content (AvgIpc) is 2.81. The van der Waals surface area contributed by atoms with Crippen LogP contribution >= 0.6 is 0 Å². The van der Waals surface area contributed by atoms with Gasteiger partial charge in [-0.15, -0.1) is 0 Å². The number of ether oxygens (including phenoxy) is 1. The van der Waals surface area contributed by atoms with Crippen molar-refractivity contribution < 1.29 is 9.53 Å². The molecule has 0 bridgehead atoms. The van der Waals surface area contributed by atoms with Gasteiger partial charge in [0.25, 0.3) is 5.56 Å². The fourth-order valence-electron chi connectivity index (χ4n) is 4.37. The van der Waals surface area contributed by atoms with E-state index in [1.165, 1.54) is 0 Å². The van der Waals surface area contributed by atoms with Crippen LogP contribution < -0.4 is 10.5 Å². The Morgan fingerprint density at radius 2 is 1.91 bits per heavy atom. The largest absolute Gasteiger partial charge is 0.380 e. The van der Waals surface area contributed by atoms with Crippen LogP contribution in [0.15, 0.2) is 29.2 Å². The van der Waals surface area contributed by atoms with Gasteiger partial charge in [0.15, 0.2) is 0 Å². The number of aryl methyl sites for hydroxylation is 4. The fraction of sp³-hybridized carbons (Fsp3) is 0.480. The molecule has 9 heteroatoms. The molecule has 0 spiro atoms. The van der Waals surface area contributed by atoms with Crippen molar-refractivity contribution in [3.63, 3.8) is 0 Å². The minimum atomic E-state index is -0.0609. The van der Waals surface area contributed by atoms with Crippen LogP contribution in [0.25, 0.3) is 10.9 Å². The summed E-state index contributed by atoms with van der Waals surface area (Å²) in [6, 6.07) is 5.64. The van der Waals surface area contributed by atoms with E-state index >= 15 is 0 Å². The van der Waals surface area contributed by atoms with E-state index in [2.05, 4.69) is 9.97 Å². The molecule has 1 atom stereocenters. The van der Waals surface area contributed by atoms with Gasteiger partial charge >= 0.3 is 0 Å². The maximum absolute atomic E-state index is 13.2. The van der Waals surface area contributed by atoms with Crippen molar-refractivity contribution in [2.75, 3.05) is 38.2 Å². The number of fused-ring (bicyclic) bond motifs is 1. The molecule has 180 valence electrons. The smallest absolute Gasteiger partial charge is 0.261 e. The molecule has 0 saturated carbocycles. The van der Waals surface area contributed by atoms with E-state index in [0.29, 0.717) is 49.3 Å². The SMILES string of the molecule is CO[C@H](C)CN1CCN(c2ccc3c(=O)n(CCc4cnc(C)nc4C)c(C)nc3c2)CC1=O. The molecule has 1 aliphatic heterocycles. The number of carbonyl (C=O) groups is 1. The summed E-state index contributed by atoms with van der Waals surface area (Å²) in [5, 5.41) is 0.574. The zero-order valence-electron chi connectivity index (χ0n) is 20.5. The molecule has 1 fully saturated rings. The van der Waals surface area contributed by atoms with Crippen LogP contribution in [-0.2, 0) is 22.5 Å². The van der Waals surface area contributed by atoms with E-state index < -0.39 is 0 Å². The lowest BCUT2D eigenvalue weighted by atomic mass is 10.1. The number of carbonyl (C=O) groups excluding carboxylic acids is 1. The number of anilines is 1. The van der Waals surface area contributed by atoms with Crippen LogP contribution in [0.2, 0.25) is 0 Å². The first-order chi connectivity index (χ1) is 16.3. The van der Waals surface area contributed by atoms with E-state index in [9.17, 15) is 9.59 Å². The highest BCUT2D eigenvalue weighted by Crippen LogP contribution is 2.22. The van der Waals surface area contributed by atoms with Gasteiger partial charge in [-0.25, -0.2) is 15.0 Å². The van der Waals surface area contributed by atoms with Gasteiger partial charge in [-0.2, -0.15) is 0 Å². The standard InChI is InChI=1S/C25H32N6O3/c1-16(34-5)14-30-11-10-29(15-24(30)32)21-6-7-22-23(12-21)28-19(4)31(25(22)33)9-8-20-13-26-18(3)27-17(20)2/h6-7,12-13,16H,8-11,14-15H2,1-5H3/t16-/m1/s1. The second-order valence-electron chi connectivity index (χ2n) is 8.90. The maximum atomic E-state index is 13.2. The van der Waals surface area contributed by atoms with Crippen LogP contribution in [0.1, 0.15) is 29.8 Å². The van der Waals surface area contributed by atoms with Gasteiger partial charge < -0.3 is 14.5 Å². The summed E-state index contributed by atoms with van der Waals surface area (Å²) in [5.74, 6) is 1.48. The van der Waals surface area contributed by atoms with Gasteiger partial charge in [-0.1, -0.05) is 0 Å².